The molecule has 0 aliphatic heterocycles. The van der Waals surface area contributed by atoms with Crippen molar-refractivity contribution < 1.29 is 9.47 Å². The van der Waals surface area contributed by atoms with Gasteiger partial charge in [0.1, 0.15) is 11.5 Å². The van der Waals surface area contributed by atoms with E-state index in [2.05, 4.69) is 6.92 Å². The Morgan fingerprint density at radius 2 is 1.70 bits per heavy atom. The summed E-state index contributed by atoms with van der Waals surface area (Å²) in [6, 6.07) is 15.8. The number of methoxy groups -OCH3 is 2. The molecule has 3 heteroatoms. The third kappa shape index (κ3) is 2.49. The maximum Gasteiger partial charge on any atom is 0.124 e. The second-order valence-corrected chi connectivity index (χ2v) is 4.76. The first kappa shape index (κ1) is 14.4. The quantitative estimate of drug-likeness (QED) is 0.907. The molecule has 0 spiro atoms. The molecule has 1 atom stereocenters. The Morgan fingerprint density at radius 3 is 2.25 bits per heavy atom. The molecule has 0 aliphatic rings. The maximum absolute atomic E-state index is 6.70. The van der Waals surface area contributed by atoms with Gasteiger partial charge < -0.3 is 15.2 Å². The van der Waals surface area contributed by atoms with E-state index in [1.54, 1.807) is 14.2 Å². The molecule has 0 bridgehead atoms. The molecule has 106 valence electrons. The fourth-order valence-electron chi connectivity index (χ4n) is 2.45. The van der Waals surface area contributed by atoms with Gasteiger partial charge in [0.2, 0.25) is 0 Å². The molecular formula is C17H21NO2. The lowest BCUT2D eigenvalue weighted by Gasteiger charge is -2.31. The minimum absolute atomic E-state index is 0.596. The first-order valence-corrected chi connectivity index (χ1v) is 6.72. The second kappa shape index (κ2) is 5.97. The van der Waals surface area contributed by atoms with E-state index in [4.69, 9.17) is 15.2 Å². The average Bonchev–Trinajstić information content (AvgIpc) is 2.54. The first-order chi connectivity index (χ1) is 9.65. The Labute approximate surface area is 120 Å². The summed E-state index contributed by atoms with van der Waals surface area (Å²) in [6.45, 7) is 2.08. The van der Waals surface area contributed by atoms with Crippen LogP contribution in [-0.2, 0) is 5.54 Å². The van der Waals surface area contributed by atoms with Crippen LogP contribution in [0.5, 0.6) is 11.5 Å². The van der Waals surface area contributed by atoms with Crippen molar-refractivity contribution in [3.05, 3.63) is 59.7 Å². The molecule has 0 amide bonds. The zero-order chi connectivity index (χ0) is 14.6. The molecule has 2 N–H and O–H groups in total. The molecule has 0 saturated carbocycles. The van der Waals surface area contributed by atoms with Gasteiger partial charge in [0.15, 0.2) is 0 Å². The predicted octanol–water partition coefficient (Wildman–Crippen LogP) is 3.32. The smallest absolute Gasteiger partial charge is 0.124 e. The molecule has 0 heterocycles. The summed E-state index contributed by atoms with van der Waals surface area (Å²) in [5.41, 5.74) is 8.11. The van der Waals surface area contributed by atoms with Crippen molar-refractivity contribution in [3.63, 3.8) is 0 Å². The zero-order valence-corrected chi connectivity index (χ0v) is 12.2. The van der Waals surface area contributed by atoms with Crippen LogP contribution in [0.25, 0.3) is 0 Å². The highest BCUT2D eigenvalue weighted by atomic mass is 16.5. The van der Waals surface area contributed by atoms with Crippen LogP contribution in [0.15, 0.2) is 48.5 Å². The number of nitrogens with two attached hydrogens (primary N) is 1. The number of ether oxygens (including phenoxy) is 2. The summed E-state index contributed by atoms with van der Waals surface area (Å²) in [4.78, 5) is 0. The van der Waals surface area contributed by atoms with Crippen molar-refractivity contribution in [1.82, 2.24) is 0 Å². The predicted molar refractivity (Wildman–Crippen MR) is 81.2 cm³/mol. The Hall–Kier alpha value is -2.00. The maximum atomic E-state index is 6.70. The molecule has 0 saturated heterocycles. The summed E-state index contributed by atoms with van der Waals surface area (Å²) in [5.74, 6) is 1.55. The molecule has 3 nitrogen and oxygen atoms in total. The summed E-state index contributed by atoms with van der Waals surface area (Å²) in [5, 5.41) is 0. The van der Waals surface area contributed by atoms with Gasteiger partial charge in [-0.3, -0.25) is 0 Å². The van der Waals surface area contributed by atoms with Crippen LogP contribution in [0.1, 0.15) is 24.5 Å². The summed E-state index contributed by atoms with van der Waals surface area (Å²) in [7, 11) is 3.31. The third-order valence-corrected chi connectivity index (χ3v) is 3.73. The van der Waals surface area contributed by atoms with Crippen LogP contribution >= 0.6 is 0 Å². The van der Waals surface area contributed by atoms with E-state index in [0.29, 0.717) is 0 Å². The van der Waals surface area contributed by atoms with Crippen molar-refractivity contribution >= 4 is 0 Å². The molecule has 0 radical (unpaired) electrons. The Kier molecular flexibility index (Phi) is 4.30. The Morgan fingerprint density at radius 1 is 1.00 bits per heavy atom. The standard InChI is InChI=1S/C17H21NO2/c1-4-17(18,13-8-6-5-7-9-13)15-12-14(19-2)10-11-16(15)20-3/h5-12H,4,18H2,1-3H3. The van der Waals surface area contributed by atoms with Crippen LogP contribution in [-0.4, -0.2) is 14.2 Å². The molecule has 2 rings (SSSR count). The molecule has 0 aromatic heterocycles. The minimum atomic E-state index is -0.596. The van der Waals surface area contributed by atoms with E-state index in [0.717, 1.165) is 29.0 Å². The minimum Gasteiger partial charge on any atom is -0.497 e. The number of rotatable bonds is 5. The molecule has 2 aromatic carbocycles. The molecule has 0 aliphatic carbocycles. The van der Waals surface area contributed by atoms with E-state index in [1.807, 2.05) is 48.5 Å². The van der Waals surface area contributed by atoms with Crippen LogP contribution in [0.4, 0.5) is 0 Å². The van der Waals surface area contributed by atoms with E-state index in [-0.39, 0.29) is 0 Å². The second-order valence-electron chi connectivity index (χ2n) is 4.76. The van der Waals surface area contributed by atoms with Gasteiger partial charge >= 0.3 is 0 Å². The van der Waals surface area contributed by atoms with Crippen molar-refractivity contribution in [2.45, 2.75) is 18.9 Å². The molecular weight excluding hydrogens is 250 g/mol. The van der Waals surface area contributed by atoms with Crippen LogP contribution in [0, 0.1) is 0 Å². The Bertz CT molecular complexity index is 568. The van der Waals surface area contributed by atoms with Gasteiger partial charge in [-0.25, -0.2) is 0 Å². The highest BCUT2D eigenvalue weighted by molar-refractivity contribution is 5.49. The fraction of sp³-hybridized carbons (Fsp3) is 0.294. The van der Waals surface area contributed by atoms with Crippen molar-refractivity contribution in [2.24, 2.45) is 5.73 Å². The lowest BCUT2D eigenvalue weighted by atomic mass is 9.81. The van der Waals surface area contributed by atoms with E-state index in [1.165, 1.54) is 0 Å². The van der Waals surface area contributed by atoms with Gasteiger partial charge in [-0.1, -0.05) is 37.3 Å². The lowest BCUT2D eigenvalue weighted by molar-refractivity contribution is 0.382. The summed E-state index contributed by atoms with van der Waals surface area (Å²) < 4.78 is 10.8. The number of hydrogen-bond acceptors (Lipinski definition) is 3. The van der Waals surface area contributed by atoms with Crippen LogP contribution in [0.3, 0.4) is 0 Å². The van der Waals surface area contributed by atoms with Crippen molar-refractivity contribution in [1.29, 1.82) is 0 Å². The topological polar surface area (TPSA) is 44.5 Å². The van der Waals surface area contributed by atoms with Crippen LogP contribution < -0.4 is 15.2 Å². The third-order valence-electron chi connectivity index (χ3n) is 3.73. The highest BCUT2D eigenvalue weighted by Crippen LogP contribution is 2.38. The largest absolute Gasteiger partial charge is 0.497 e. The van der Waals surface area contributed by atoms with Gasteiger partial charge in [-0.2, -0.15) is 0 Å². The normalized spacial score (nSPS) is 13.6. The summed E-state index contributed by atoms with van der Waals surface area (Å²) in [6.07, 6.45) is 0.764. The van der Waals surface area contributed by atoms with Gasteiger partial charge in [0.25, 0.3) is 0 Å². The number of benzene rings is 2. The molecule has 1 unspecified atom stereocenters. The van der Waals surface area contributed by atoms with Gasteiger partial charge in [-0.05, 0) is 30.2 Å². The van der Waals surface area contributed by atoms with Crippen LogP contribution in [0.2, 0.25) is 0 Å². The first-order valence-electron chi connectivity index (χ1n) is 6.72. The van der Waals surface area contributed by atoms with Gasteiger partial charge in [0.05, 0.1) is 19.8 Å². The van der Waals surface area contributed by atoms with Gasteiger partial charge in [-0.15, -0.1) is 0 Å². The molecule has 0 fully saturated rings. The number of hydrogen-bond donors (Lipinski definition) is 1. The van der Waals surface area contributed by atoms with Gasteiger partial charge in [0, 0.05) is 5.56 Å². The Balaban J connectivity index is 2.61. The SMILES string of the molecule is CCC(N)(c1ccccc1)c1cc(OC)ccc1OC. The van der Waals surface area contributed by atoms with E-state index < -0.39 is 5.54 Å². The average molecular weight is 271 g/mol. The van der Waals surface area contributed by atoms with E-state index in [9.17, 15) is 0 Å². The van der Waals surface area contributed by atoms with Crippen molar-refractivity contribution in [3.8, 4) is 11.5 Å². The van der Waals surface area contributed by atoms with E-state index >= 15 is 0 Å². The summed E-state index contributed by atoms with van der Waals surface area (Å²) >= 11 is 0. The monoisotopic (exact) mass is 271 g/mol. The molecule has 20 heavy (non-hydrogen) atoms. The zero-order valence-electron chi connectivity index (χ0n) is 12.2. The van der Waals surface area contributed by atoms with Crippen molar-refractivity contribution in [2.75, 3.05) is 14.2 Å². The molecule has 2 aromatic rings. The highest BCUT2D eigenvalue weighted by Gasteiger charge is 2.31. The fourth-order valence-corrected chi connectivity index (χ4v) is 2.45. The lowest BCUT2D eigenvalue weighted by Crippen LogP contribution is -2.37.